The van der Waals surface area contributed by atoms with Crippen LogP contribution in [0, 0.1) is 11.7 Å². The first-order chi connectivity index (χ1) is 18.5. The predicted molar refractivity (Wildman–Crippen MR) is 144 cm³/mol. The molecule has 0 aliphatic carbocycles. The Labute approximate surface area is 218 Å². The van der Waals surface area contributed by atoms with E-state index in [2.05, 4.69) is 40.3 Å². The highest BCUT2D eigenvalue weighted by molar-refractivity contribution is 5.96. The monoisotopic (exact) mass is 513 g/mol. The van der Waals surface area contributed by atoms with E-state index in [1.807, 2.05) is 19.9 Å². The van der Waals surface area contributed by atoms with Crippen LogP contribution in [0.4, 0.5) is 15.8 Å². The Bertz CT molecular complexity index is 1630. The first-order valence-electron chi connectivity index (χ1n) is 12.9. The van der Waals surface area contributed by atoms with Gasteiger partial charge < -0.3 is 15.2 Å². The maximum absolute atomic E-state index is 16.0. The molecule has 1 amide bonds. The lowest BCUT2D eigenvalue weighted by atomic mass is 10.1. The van der Waals surface area contributed by atoms with Gasteiger partial charge in [-0.15, -0.1) is 0 Å². The number of H-pyrrole nitrogens is 2. The summed E-state index contributed by atoms with van der Waals surface area (Å²) in [7, 11) is 0. The van der Waals surface area contributed by atoms with E-state index < -0.39 is 5.82 Å². The maximum atomic E-state index is 16.0. The van der Waals surface area contributed by atoms with Gasteiger partial charge in [0, 0.05) is 49.2 Å². The molecule has 1 aliphatic heterocycles. The van der Waals surface area contributed by atoms with Crippen molar-refractivity contribution in [2.75, 3.05) is 23.3 Å². The van der Waals surface area contributed by atoms with Gasteiger partial charge in [-0.1, -0.05) is 13.8 Å². The van der Waals surface area contributed by atoms with Crippen molar-refractivity contribution in [2.24, 2.45) is 5.92 Å². The lowest BCUT2D eigenvalue weighted by Gasteiger charge is -2.28. The zero-order chi connectivity index (χ0) is 26.2. The van der Waals surface area contributed by atoms with Gasteiger partial charge in [0.15, 0.2) is 17.1 Å². The van der Waals surface area contributed by atoms with Crippen LogP contribution in [0.1, 0.15) is 39.5 Å². The third-order valence-electron chi connectivity index (χ3n) is 6.74. The number of halogens is 1. The summed E-state index contributed by atoms with van der Waals surface area (Å²) in [6, 6.07) is 3.66. The molecular weight excluding hydrogens is 485 g/mol. The maximum Gasteiger partial charge on any atom is 0.224 e. The summed E-state index contributed by atoms with van der Waals surface area (Å²) in [5.41, 5.74) is 4.23. The Balaban J connectivity index is 1.39. The first-order valence-corrected chi connectivity index (χ1v) is 12.9. The molecule has 10 nitrogen and oxygen atoms in total. The van der Waals surface area contributed by atoms with E-state index >= 15 is 4.39 Å². The fourth-order valence-electron chi connectivity index (χ4n) is 4.97. The van der Waals surface area contributed by atoms with Gasteiger partial charge in [-0.2, -0.15) is 5.10 Å². The Morgan fingerprint density at radius 3 is 2.79 bits per heavy atom. The number of pyridine rings is 3. The van der Waals surface area contributed by atoms with Gasteiger partial charge in [0.1, 0.15) is 17.0 Å². The fraction of sp³-hybridized carbons (Fsp3) is 0.333. The summed E-state index contributed by atoms with van der Waals surface area (Å²) in [6.07, 6.45) is 10.2. The van der Waals surface area contributed by atoms with Gasteiger partial charge in [0.05, 0.1) is 23.0 Å². The van der Waals surface area contributed by atoms with Crippen LogP contribution >= 0.6 is 0 Å². The number of anilines is 2. The Kier molecular flexibility index (Phi) is 6.18. The summed E-state index contributed by atoms with van der Waals surface area (Å²) in [6.45, 7) is 5.89. The van der Waals surface area contributed by atoms with Gasteiger partial charge in [0.25, 0.3) is 0 Å². The molecule has 38 heavy (non-hydrogen) atoms. The lowest BCUT2D eigenvalue weighted by molar-refractivity contribution is -0.116. The highest BCUT2D eigenvalue weighted by atomic mass is 19.1. The Morgan fingerprint density at radius 2 is 1.97 bits per heavy atom. The van der Waals surface area contributed by atoms with Crippen molar-refractivity contribution in [3.8, 4) is 22.6 Å². The van der Waals surface area contributed by atoms with Gasteiger partial charge >= 0.3 is 0 Å². The predicted octanol–water partition coefficient (Wildman–Crippen LogP) is 5.07. The molecule has 0 unspecified atom stereocenters. The molecule has 0 bridgehead atoms. The molecule has 0 aromatic carbocycles. The van der Waals surface area contributed by atoms with Crippen LogP contribution in [0.25, 0.3) is 44.8 Å². The molecule has 0 saturated carbocycles. The molecule has 0 radical (unpaired) electrons. The number of carbonyl (C=O) groups excluding carboxylic acids is 1. The van der Waals surface area contributed by atoms with Crippen molar-refractivity contribution < 1.29 is 9.18 Å². The minimum Gasteiger partial charge on any atom is -0.370 e. The quantitative estimate of drug-likeness (QED) is 0.289. The van der Waals surface area contributed by atoms with Crippen LogP contribution < -0.4 is 10.2 Å². The molecule has 6 heterocycles. The summed E-state index contributed by atoms with van der Waals surface area (Å²) in [5.74, 6) is 0.0105. The van der Waals surface area contributed by atoms with E-state index in [1.54, 1.807) is 18.5 Å². The molecule has 3 N–H and O–H groups in total. The van der Waals surface area contributed by atoms with Crippen LogP contribution in [-0.4, -0.2) is 54.1 Å². The van der Waals surface area contributed by atoms with E-state index in [0.717, 1.165) is 37.1 Å². The van der Waals surface area contributed by atoms with E-state index in [4.69, 9.17) is 4.98 Å². The number of fused-ring (bicyclic) bond motifs is 2. The number of carbonyl (C=O) groups is 1. The van der Waals surface area contributed by atoms with Crippen molar-refractivity contribution in [3.05, 3.63) is 42.7 Å². The molecule has 1 saturated heterocycles. The van der Waals surface area contributed by atoms with Gasteiger partial charge in [-0.25, -0.2) is 19.3 Å². The third-order valence-corrected chi connectivity index (χ3v) is 6.74. The molecule has 5 aromatic rings. The number of nitrogens with one attached hydrogen (secondary N) is 3. The van der Waals surface area contributed by atoms with Crippen LogP contribution in [-0.2, 0) is 4.79 Å². The Hall–Kier alpha value is -4.41. The average molecular weight is 514 g/mol. The number of piperidine rings is 1. The number of aromatic amines is 2. The van der Waals surface area contributed by atoms with Gasteiger partial charge in [-0.05, 0) is 37.3 Å². The van der Waals surface area contributed by atoms with Crippen molar-refractivity contribution >= 4 is 39.5 Å². The molecule has 5 aromatic heterocycles. The smallest absolute Gasteiger partial charge is 0.224 e. The Morgan fingerprint density at radius 1 is 1.13 bits per heavy atom. The van der Waals surface area contributed by atoms with Crippen LogP contribution in [0.5, 0.6) is 0 Å². The highest BCUT2D eigenvalue weighted by Crippen LogP contribution is 2.34. The highest BCUT2D eigenvalue weighted by Gasteiger charge is 2.23. The molecule has 0 spiro atoms. The van der Waals surface area contributed by atoms with Crippen LogP contribution in [0.2, 0.25) is 0 Å². The minimum absolute atomic E-state index is 0.118. The fourth-order valence-corrected chi connectivity index (χ4v) is 4.97. The number of nitrogens with zero attached hydrogens (tertiary/aromatic N) is 6. The number of imidazole rings is 1. The van der Waals surface area contributed by atoms with Gasteiger partial charge in [0.2, 0.25) is 5.91 Å². The van der Waals surface area contributed by atoms with E-state index in [-0.39, 0.29) is 22.8 Å². The minimum atomic E-state index is -0.504. The molecule has 1 fully saturated rings. The zero-order valence-electron chi connectivity index (χ0n) is 21.3. The van der Waals surface area contributed by atoms with Crippen molar-refractivity contribution in [2.45, 2.75) is 39.5 Å². The zero-order valence-corrected chi connectivity index (χ0v) is 21.3. The van der Waals surface area contributed by atoms with Crippen molar-refractivity contribution in [1.29, 1.82) is 0 Å². The number of aromatic nitrogens is 7. The summed E-state index contributed by atoms with van der Waals surface area (Å²) in [4.78, 5) is 35.6. The van der Waals surface area contributed by atoms with Crippen LogP contribution in [0.3, 0.4) is 0 Å². The molecule has 11 heteroatoms. The second kappa shape index (κ2) is 9.81. The van der Waals surface area contributed by atoms with Crippen molar-refractivity contribution in [3.63, 3.8) is 0 Å². The van der Waals surface area contributed by atoms with E-state index in [1.165, 1.54) is 18.8 Å². The SMILES string of the molecule is CC(C)CC(=O)Nc1cncc(-c2cnc3[nH]nc(-c4nc5c(N6CCCCC6)ccnc5[nH]4)c3c2F)c1. The van der Waals surface area contributed by atoms with Crippen LogP contribution in [0.15, 0.2) is 36.9 Å². The molecule has 6 rings (SSSR count). The first kappa shape index (κ1) is 24.0. The largest absolute Gasteiger partial charge is 0.370 e. The summed E-state index contributed by atoms with van der Waals surface area (Å²) < 4.78 is 16.0. The van der Waals surface area contributed by atoms with E-state index in [0.29, 0.717) is 40.5 Å². The summed E-state index contributed by atoms with van der Waals surface area (Å²) in [5, 5.41) is 10.2. The number of hydrogen-bond acceptors (Lipinski definition) is 7. The molecule has 0 atom stereocenters. The topological polar surface area (TPSA) is 128 Å². The van der Waals surface area contributed by atoms with Crippen molar-refractivity contribution in [1.82, 2.24) is 35.1 Å². The average Bonchev–Trinajstić information content (AvgIpc) is 3.54. The normalized spacial score (nSPS) is 14.1. The summed E-state index contributed by atoms with van der Waals surface area (Å²) >= 11 is 0. The second-order valence-corrected chi connectivity index (χ2v) is 10.1. The number of hydrogen-bond donors (Lipinski definition) is 3. The van der Waals surface area contributed by atoms with E-state index in [9.17, 15) is 4.79 Å². The standard InChI is InChI=1S/C27H28FN9O/c1-15(2)10-20(38)32-17-11-16(12-29-13-17)18-14-31-25-21(22(18)28)24(35-36-25)27-33-23-19(6-7-30-26(23)34-27)37-8-4-3-5-9-37/h6-7,11-15H,3-5,8-10H2,1-2H3,(H,32,38)(H,30,33,34)(H,31,35,36). The number of amides is 1. The molecule has 194 valence electrons. The van der Waals surface area contributed by atoms with Gasteiger partial charge in [-0.3, -0.25) is 14.9 Å². The third kappa shape index (κ3) is 4.44. The molecular formula is C27H28FN9O. The second-order valence-electron chi connectivity index (χ2n) is 10.1. The lowest BCUT2D eigenvalue weighted by Crippen LogP contribution is -2.29. The molecule has 1 aliphatic rings. The number of rotatable bonds is 6.